The number of rotatable bonds is 6. The zero-order chi connectivity index (χ0) is 15.2. The highest BCUT2D eigenvalue weighted by Crippen LogP contribution is 2.19. The minimum absolute atomic E-state index is 0.152. The Labute approximate surface area is 122 Å². The van der Waals surface area contributed by atoms with Crippen LogP contribution in [0.25, 0.3) is 11.3 Å². The van der Waals surface area contributed by atoms with Crippen LogP contribution in [0.5, 0.6) is 0 Å². The van der Waals surface area contributed by atoms with Crippen molar-refractivity contribution < 1.29 is 13.7 Å². The average molecular weight is 291 g/mol. The third kappa shape index (κ3) is 4.39. The summed E-state index contributed by atoms with van der Waals surface area (Å²) < 4.78 is 17.9. The molecule has 1 N–H and O–H groups in total. The van der Waals surface area contributed by atoms with Crippen molar-refractivity contribution >= 4 is 5.91 Å². The monoisotopic (exact) mass is 291 g/mol. The summed E-state index contributed by atoms with van der Waals surface area (Å²) in [6.07, 6.45) is 0.859. The van der Waals surface area contributed by atoms with Gasteiger partial charge in [-0.1, -0.05) is 5.16 Å². The largest absolute Gasteiger partial charge is 0.350 e. The van der Waals surface area contributed by atoms with Crippen LogP contribution in [0.2, 0.25) is 0 Å². The van der Waals surface area contributed by atoms with Crippen LogP contribution in [0, 0.1) is 5.82 Å². The number of nitrogens with zero attached hydrogens (tertiary/aromatic N) is 2. The van der Waals surface area contributed by atoms with Crippen LogP contribution < -0.4 is 5.32 Å². The molecule has 1 aromatic carbocycles. The van der Waals surface area contributed by atoms with E-state index in [1.807, 2.05) is 19.0 Å². The van der Waals surface area contributed by atoms with Crippen LogP contribution in [0.1, 0.15) is 17.0 Å². The lowest BCUT2D eigenvalue weighted by Crippen LogP contribution is -2.26. The summed E-state index contributed by atoms with van der Waals surface area (Å²) in [5, 5.41) is 6.60. The zero-order valence-electron chi connectivity index (χ0n) is 12.1. The van der Waals surface area contributed by atoms with Gasteiger partial charge in [-0.3, -0.25) is 4.79 Å². The van der Waals surface area contributed by atoms with Gasteiger partial charge in [0.25, 0.3) is 5.91 Å². The van der Waals surface area contributed by atoms with E-state index in [-0.39, 0.29) is 17.5 Å². The standard InChI is InChI=1S/C15H18FN3O2/c1-19(2)9-3-8-17-15(20)14-10-13(18-21-14)11-4-6-12(16)7-5-11/h4-7,10H,3,8-9H2,1-2H3,(H,17,20). The second-order valence-electron chi connectivity index (χ2n) is 5.00. The first-order valence-electron chi connectivity index (χ1n) is 6.72. The molecule has 5 nitrogen and oxygen atoms in total. The SMILES string of the molecule is CN(C)CCCNC(=O)c1cc(-c2ccc(F)cc2)no1. The van der Waals surface area contributed by atoms with Crippen LogP contribution >= 0.6 is 0 Å². The summed E-state index contributed by atoms with van der Waals surface area (Å²) in [4.78, 5) is 13.9. The average Bonchev–Trinajstić information content (AvgIpc) is 2.94. The number of aromatic nitrogens is 1. The Bertz CT molecular complexity index is 593. The van der Waals surface area contributed by atoms with Crippen LogP contribution in [0.15, 0.2) is 34.9 Å². The van der Waals surface area contributed by atoms with Crippen molar-refractivity contribution in [3.8, 4) is 11.3 Å². The van der Waals surface area contributed by atoms with Gasteiger partial charge in [0.2, 0.25) is 5.76 Å². The van der Waals surface area contributed by atoms with Gasteiger partial charge >= 0.3 is 0 Å². The zero-order valence-corrected chi connectivity index (χ0v) is 12.1. The molecule has 2 rings (SSSR count). The Hall–Kier alpha value is -2.21. The van der Waals surface area contributed by atoms with E-state index in [4.69, 9.17) is 4.52 Å². The van der Waals surface area contributed by atoms with E-state index in [1.54, 1.807) is 18.2 Å². The summed E-state index contributed by atoms with van der Waals surface area (Å²) >= 11 is 0. The number of halogens is 1. The smallest absolute Gasteiger partial charge is 0.289 e. The van der Waals surface area contributed by atoms with Gasteiger partial charge in [0.1, 0.15) is 11.5 Å². The fourth-order valence-electron chi connectivity index (χ4n) is 1.82. The van der Waals surface area contributed by atoms with Gasteiger partial charge in [-0.2, -0.15) is 0 Å². The van der Waals surface area contributed by atoms with Gasteiger partial charge in [-0.25, -0.2) is 4.39 Å². The Kier molecular flexibility index (Phi) is 5.05. The van der Waals surface area contributed by atoms with Gasteiger partial charge < -0.3 is 14.7 Å². The molecule has 0 bridgehead atoms. The molecule has 0 unspecified atom stereocenters. The highest BCUT2D eigenvalue weighted by Gasteiger charge is 2.13. The van der Waals surface area contributed by atoms with Crippen molar-refractivity contribution in [1.29, 1.82) is 0 Å². The van der Waals surface area contributed by atoms with Gasteiger partial charge in [0.05, 0.1) is 0 Å². The van der Waals surface area contributed by atoms with Crippen molar-refractivity contribution in [1.82, 2.24) is 15.4 Å². The molecule has 0 aliphatic heterocycles. The second-order valence-corrected chi connectivity index (χ2v) is 5.00. The molecule has 6 heteroatoms. The molecule has 2 aromatic rings. The van der Waals surface area contributed by atoms with Gasteiger partial charge in [0.15, 0.2) is 0 Å². The molecule has 0 atom stereocenters. The van der Waals surface area contributed by atoms with Crippen molar-refractivity contribution in [2.24, 2.45) is 0 Å². The predicted octanol–water partition coefficient (Wildman–Crippen LogP) is 2.16. The van der Waals surface area contributed by atoms with E-state index in [0.29, 0.717) is 17.8 Å². The minimum Gasteiger partial charge on any atom is -0.350 e. The van der Waals surface area contributed by atoms with Crippen LogP contribution in [0.4, 0.5) is 4.39 Å². The Morgan fingerprint density at radius 3 is 2.71 bits per heavy atom. The Balaban J connectivity index is 1.93. The third-order valence-corrected chi connectivity index (χ3v) is 2.94. The quantitative estimate of drug-likeness (QED) is 0.829. The summed E-state index contributed by atoms with van der Waals surface area (Å²) in [6.45, 7) is 1.47. The third-order valence-electron chi connectivity index (χ3n) is 2.94. The molecule has 21 heavy (non-hydrogen) atoms. The van der Waals surface area contributed by atoms with Gasteiger partial charge in [-0.05, 0) is 51.3 Å². The lowest BCUT2D eigenvalue weighted by atomic mass is 10.1. The number of hydrogen-bond acceptors (Lipinski definition) is 4. The molecule has 112 valence electrons. The van der Waals surface area contributed by atoms with Crippen LogP contribution in [-0.4, -0.2) is 43.1 Å². The number of nitrogens with one attached hydrogen (secondary N) is 1. The van der Waals surface area contributed by atoms with E-state index >= 15 is 0 Å². The highest BCUT2D eigenvalue weighted by atomic mass is 19.1. The Morgan fingerprint density at radius 2 is 2.05 bits per heavy atom. The number of amides is 1. The molecular formula is C15H18FN3O2. The molecule has 0 aliphatic rings. The molecule has 0 aliphatic carbocycles. The number of carbonyl (C=O) groups excluding carboxylic acids is 1. The van der Waals surface area contributed by atoms with Crippen LogP contribution in [0.3, 0.4) is 0 Å². The normalized spacial score (nSPS) is 10.9. The van der Waals surface area contributed by atoms with Crippen molar-refractivity contribution in [3.63, 3.8) is 0 Å². The van der Waals surface area contributed by atoms with Gasteiger partial charge in [-0.15, -0.1) is 0 Å². The summed E-state index contributed by atoms with van der Waals surface area (Å²) in [5.74, 6) is -0.463. The van der Waals surface area contributed by atoms with E-state index < -0.39 is 0 Å². The molecule has 0 fully saturated rings. The molecule has 0 radical (unpaired) electrons. The molecular weight excluding hydrogens is 273 g/mol. The Morgan fingerprint density at radius 1 is 1.33 bits per heavy atom. The maximum atomic E-state index is 12.9. The van der Waals surface area contributed by atoms with E-state index in [0.717, 1.165) is 13.0 Å². The summed E-state index contributed by atoms with van der Waals surface area (Å²) in [7, 11) is 3.96. The van der Waals surface area contributed by atoms with Gasteiger partial charge in [0, 0.05) is 18.2 Å². The van der Waals surface area contributed by atoms with Crippen molar-refractivity contribution in [3.05, 3.63) is 41.9 Å². The first kappa shape index (κ1) is 15.2. The van der Waals surface area contributed by atoms with E-state index in [2.05, 4.69) is 10.5 Å². The van der Waals surface area contributed by atoms with Crippen molar-refractivity contribution in [2.75, 3.05) is 27.2 Å². The molecule has 0 saturated carbocycles. The molecule has 0 saturated heterocycles. The fourth-order valence-corrected chi connectivity index (χ4v) is 1.82. The van der Waals surface area contributed by atoms with E-state index in [1.165, 1.54) is 12.1 Å². The van der Waals surface area contributed by atoms with Crippen molar-refractivity contribution in [2.45, 2.75) is 6.42 Å². The predicted molar refractivity (Wildman–Crippen MR) is 77.4 cm³/mol. The second kappa shape index (κ2) is 6.99. The first-order valence-corrected chi connectivity index (χ1v) is 6.72. The summed E-state index contributed by atoms with van der Waals surface area (Å²) in [6, 6.07) is 7.41. The molecule has 1 heterocycles. The topological polar surface area (TPSA) is 58.4 Å². The molecule has 1 amide bonds. The molecule has 1 aromatic heterocycles. The lowest BCUT2D eigenvalue weighted by molar-refractivity contribution is 0.0915. The minimum atomic E-state index is -0.318. The maximum Gasteiger partial charge on any atom is 0.289 e. The molecule has 0 spiro atoms. The lowest BCUT2D eigenvalue weighted by Gasteiger charge is -2.08. The van der Waals surface area contributed by atoms with Crippen LogP contribution in [-0.2, 0) is 0 Å². The fraction of sp³-hybridized carbons (Fsp3) is 0.333. The maximum absolute atomic E-state index is 12.9. The van der Waals surface area contributed by atoms with E-state index in [9.17, 15) is 9.18 Å². The highest BCUT2D eigenvalue weighted by molar-refractivity contribution is 5.92. The number of benzene rings is 1. The first-order chi connectivity index (χ1) is 10.1. The summed E-state index contributed by atoms with van der Waals surface area (Å²) in [5.41, 5.74) is 1.21. The number of carbonyl (C=O) groups is 1. The number of hydrogen-bond donors (Lipinski definition) is 1.